The minimum atomic E-state index is 0.0208. The number of nitrogens with two attached hydrogens (primary N) is 2. The van der Waals surface area contributed by atoms with E-state index < -0.39 is 0 Å². The lowest BCUT2D eigenvalue weighted by Crippen LogP contribution is -2.42. The first kappa shape index (κ1) is 7.36. The van der Waals surface area contributed by atoms with Crippen molar-refractivity contribution in [3.8, 4) is 0 Å². The van der Waals surface area contributed by atoms with Crippen LogP contribution in [-0.4, -0.2) is 11.0 Å². The van der Waals surface area contributed by atoms with Gasteiger partial charge in [0.2, 0.25) is 0 Å². The molecule has 5 N–H and O–H groups in total. The highest BCUT2D eigenvalue weighted by molar-refractivity contribution is 9.09. The predicted octanol–water partition coefficient (Wildman–Crippen LogP) is -0.482. The second kappa shape index (κ2) is 3.37. The van der Waals surface area contributed by atoms with Gasteiger partial charge in [0, 0.05) is 6.04 Å². The molecule has 0 aliphatic carbocycles. The lowest BCUT2D eigenvalue weighted by molar-refractivity contribution is 0.597. The summed E-state index contributed by atoms with van der Waals surface area (Å²) >= 11 is 3.18. The maximum Gasteiger partial charge on any atom is 0.0908 e. The van der Waals surface area contributed by atoms with Crippen LogP contribution in [0.3, 0.4) is 0 Å². The number of rotatable bonds is 2. The van der Waals surface area contributed by atoms with Crippen LogP contribution in [-0.2, 0) is 0 Å². The van der Waals surface area contributed by atoms with Crippen molar-refractivity contribution in [1.82, 2.24) is 5.43 Å². The van der Waals surface area contributed by atoms with E-state index in [2.05, 4.69) is 21.4 Å². The van der Waals surface area contributed by atoms with Gasteiger partial charge in [-0.3, -0.25) is 5.84 Å². The van der Waals surface area contributed by atoms with Gasteiger partial charge in [-0.2, -0.15) is 0 Å². The molecule has 0 spiro atoms. The van der Waals surface area contributed by atoms with Gasteiger partial charge in [0.1, 0.15) is 0 Å². The molecule has 0 amide bonds. The highest BCUT2D eigenvalue weighted by atomic mass is 79.9. The van der Waals surface area contributed by atoms with Gasteiger partial charge >= 0.3 is 0 Å². The quantitative estimate of drug-likeness (QED) is 0.226. The van der Waals surface area contributed by atoms with Gasteiger partial charge in [-0.25, -0.2) is 5.43 Å². The maximum absolute atomic E-state index is 5.36. The van der Waals surface area contributed by atoms with Crippen molar-refractivity contribution in [2.45, 2.75) is 17.9 Å². The lowest BCUT2D eigenvalue weighted by atomic mass is 10.4. The van der Waals surface area contributed by atoms with Gasteiger partial charge in [0.05, 0.1) is 4.95 Å². The summed E-state index contributed by atoms with van der Waals surface area (Å²) in [6.45, 7) is 1.86. The predicted molar refractivity (Wildman–Crippen MR) is 33.7 cm³/mol. The van der Waals surface area contributed by atoms with Crippen LogP contribution >= 0.6 is 15.9 Å². The zero-order chi connectivity index (χ0) is 5.86. The SMILES string of the molecule is CC(N)C(Br)NN. The van der Waals surface area contributed by atoms with E-state index in [0.29, 0.717) is 0 Å². The Labute approximate surface area is 51.5 Å². The first-order valence-corrected chi connectivity index (χ1v) is 2.96. The summed E-state index contributed by atoms with van der Waals surface area (Å²) in [5.41, 5.74) is 7.81. The maximum atomic E-state index is 5.36. The number of hydrogen-bond acceptors (Lipinski definition) is 3. The van der Waals surface area contributed by atoms with Gasteiger partial charge in [0.25, 0.3) is 0 Å². The summed E-state index contributed by atoms with van der Waals surface area (Å²) < 4.78 is 0. The van der Waals surface area contributed by atoms with E-state index in [1.54, 1.807) is 0 Å². The van der Waals surface area contributed by atoms with Crippen LogP contribution in [0.25, 0.3) is 0 Å². The molecule has 3 nitrogen and oxygen atoms in total. The zero-order valence-corrected chi connectivity index (χ0v) is 5.77. The third-order valence-corrected chi connectivity index (χ3v) is 1.72. The Morgan fingerprint density at radius 1 is 1.71 bits per heavy atom. The van der Waals surface area contributed by atoms with Gasteiger partial charge in [-0.1, -0.05) is 15.9 Å². The van der Waals surface area contributed by atoms with E-state index in [4.69, 9.17) is 11.6 Å². The fourth-order valence-corrected chi connectivity index (χ4v) is 0.152. The van der Waals surface area contributed by atoms with Crippen molar-refractivity contribution in [3.63, 3.8) is 0 Å². The van der Waals surface area contributed by atoms with E-state index in [9.17, 15) is 0 Å². The summed E-state index contributed by atoms with van der Waals surface area (Å²) in [5.74, 6) is 5.00. The summed E-state index contributed by atoms with van der Waals surface area (Å²) in [4.78, 5) is 0.0208. The van der Waals surface area contributed by atoms with Crippen LogP contribution in [0.4, 0.5) is 0 Å². The van der Waals surface area contributed by atoms with Gasteiger partial charge < -0.3 is 5.73 Å². The van der Waals surface area contributed by atoms with Gasteiger partial charge in [0.15, 0.2) is 0 Å². The molecular weight excluding hydrogens is 158 g/mol. The lowest BCUT2D eigenvalue weighted by Gasteiger charge is -2.10. The van der Waals surface area contributed by atoms with E-state index in [1.165, 1.54) is 0 Å². The third kappa shape index (κ3) is 2.99. The molecule has 2 unspecified atom stereocenters. The van der Waals surface area contributed by atoms with Gasteiger partial charge in [-0.05, 0) is 6.92 Å². The second-order valence-electron chi connectivity index (χ2n) is 1.43. The molecule has 2 atom stereocenters. The molecule has 0 rings (SSSR count). The van der Waals surface area contributed by atoms with Gasteiger partial charge in [-0.15, -0.1) is 0 Å². The molecule has 0 bridgehead atoms. The Morgan fingerprint density at radius 3 is 2.14 bits per heavy atom. The Balaban J connectivity index is 3.14. The Morgan fingerprint density at radius 2 is 2.14 bits per heavy atom. The minimum absolute atomic E-state index is 0.0208. The molecule has 0 aromatic carbocycles. The van der Waals surface area contributed by atoms with Crippen molar-refractivity contribution < 1.29 is 0 Å². The van der Waals surface area contributed by atoms with Crippen molar-refractivity contribution >= 4 is 15.9 Å². The van der Waals surface area contributed by atoms with Crippen LogP contribution in [0.15, 0.2) is 0 Å². The molecule has 0 radical (unpaired) electrons. The Hall–Kier alpha value is 0.360. The molecule has 0 saturated carbocycles. The first-order valence-electron chi connectivity index (χ1n) is 2.04. The largest absolute Gasteiger partial charge is 0.326 e. The fourth-order valence-electron chi connectivity index (χ4n) is 0.152. The summed E-state index contributed by atoms with van der Waals surface area (Å²) in [5, 5.41) is 0. The highest BCUT2D eigenvalue weighted by Crippen LogP contribution is 1.94. The molecular formula is C3H10BrN3. The van der Waals surface area contributed by atoms with E-state index in [-0.39, 0.29) is 11.0 Å². The van der Waals surface area contributed by atoms with E-state index in [0.717, 1.165) is 0 Å². The third-order valence-electron chi connectivity index (χ3n) is 0.621. The summed E-state index contributed by atoms with van der Waals surface area (Å²) in [6.07, 6.45) is 0. The van der Waals surface area contributed by atoms with Crippen LogP contribution < -0.4 is 17.0 Å². The molecule has 7 heavy (non-hydrogen) atoms. The normalized spacial score (nSPS) is 18.9. The average molecular weight is 168 g/mol. The van der Waals surface area contributed by atoms with Crippen molar-refractivity contribution in [1.29, 1.82) is 0 Å². The molecule has 0 aliphatic heterocycles. The van der Waals surface area contributed by atoms with Crippen molar-refractivity contribution in [2.75, 3.05) is 0 Å². The van der Waals surface area contributed by atoms with E-state index >= 15 is 0 Å². The Kier molecular flexibility index (Phi) is 3.55. The molecule has 0 aromatic rings. The summed E-state index contributed by atoms with van der Waals surface area (Å²) in [7, 11) is 0. The van der Waals surface area contributed by atoms with Crippen LogP contribution in [0, 0.1) is 0 Å². The van der Waals surface area contributed by atoms with E-state index in [1.807, 2.05) is 6.92 Å². The number of alkyl halides is 1. The molecule has 4 heteroatoms. The second-order valence-corrected chi connectivity index (χ2v) is 2.41. The number of hydrazine groups is 1. The van der Waals surface area contributed by atoms with Crippen LogP contribution in [0.1, 0.15) is 6.92 Å². The first-order chi connectivity index (χ1) is 3.18. The highest BCUT2D eigenvalue weighted by Gasteiger charge is 2.03. The standard InChI is InChI=1S/C3H10BrN3/c1-2(5)3(4)7-6/h2-3,7H,5-6H2,1H3. The monoisotopic (exact) mass is 167 g/mol. The average Bonchev–Trinajstić information content (AvgIpc) is 1.65. The molecule has 0 aromatic heterocycles. The zero-order valence-electron chi connectivity index (χ0n) is 4.19. The molecule has 0 heterocycles. The smallest absolute Gasteiger partial charge is 0.0908 e. The number of halogens is 1. The van der Waals surface area contributed by atoms with Crippen LogP contribution in [0.5, 0.6) is 0 Å². The summed E-state index contributed by atoms with van der Waals surface area (Å²) in [6, 6.07) is 0.0463. The molecule has 44 valence electrons. The molecule has 0 saturated heterocycles. The van der Waals surface area contributed by atoms with Crippen molar-refractivity contribution in [3.05, 3.63) is 0 Å². The van der Waals surface area contributed by atoms with Crippen molar-refractivity contribution in [2.24, 2.45) is 11.6 Å². The number of nitrogens with one attached hydrogen (secondary N) is 1. The molecule has 0 fully saturated rings. The molecule has 0 aliphatic rings. The minimum Gasteiger partial charge on any atom is -0.326 e. The van der Waals surface area contributed by atoms with Crippen LogP contribution in [0.2, 0.25) is 0 Å². The Bertz CT molecular complexity index is 47.4. The fraction of sp³-hybridized carbons (Fsp3) is 1.00. The topological polar surface area (TPSA) is 64.1 Å². The number of hydrogen-bond donors (Lipinski definition) is 3.